The number of nitrogens with one attached hydrogen (secondary N) is 1. The minimum atomic E-state index is -0.216. The van der Waals surface area contributed by atoms with Crippen molar-refractivity contribution in [1.82, 2.24) is 9.47 Å². The Morgan fingerprint density at radius 3 is 2.61 bits per heavy atom. The average Bonchev–Trinajstić information content (AvgIpc) is 3.49. The van der Waals surface area contributed by atoms with Gasteiger partial charge in [0, 0.05) is 42.0 Å². The molecule has 3 aromatic carbocycles. The van der Waals surface area contributed by atoms with Gasteiger partial charge in [-0.3, -0.25) is 9.69 Å². The second kappa shape index (κ2) is 9.66. The van der Waals surface area contributed by atoms with Crippen molar-refractivity contribution in [2.75, 3.05) is 25.2 Å². The fraction of sp³-hybridized carbons (Fsp3) is 0.276. The van der Waals surface area contributed by atoms with Gasteiger partial charge in [-0.2, -0.15) is 0 Å². The van der Waals surface area contributed by atoms with Gasteiger partial charge in [-0.25, -0.2) is 4.39 Å². The second-order valence-corrected chi connectivity index (χ2v) is 9.52. The number of benzene rings is 3. The van der Waals surface area contributed by atoms with Gasteiger partial charge >= 0.3 is 0 Å². The number of carbonyl (C=O) groups excluding carboxylic acids is 1. The molecule has 36 heavy (non-hydrogen) atoms. The van der Waals surface area contributed by atoms with Gasteiger partial charge < -0.3 is 19.4 Å². The first-order valence-corrected chi connectivity index (χ1v) is 12.4. The maximum absolute atomic E-state index is 13.8. The zero-order valence-electron chi connectivity index (χ0n) is 20.0. The molecule has 7 heteroatoms. The Hall–Kier alpha value is -3.84. The number of anilines is 1. The average molecular weight is 486 g/mol. The largest absolute Gasteiger partial charge is 0.454 e. The van der Waals surface area contributed by atoms with Crippen LogP contribution >= 0.6 is 0 Å². The number of nitrogens with zero attached hydrogens (tertiary/aromatic N) is 2. The molecule has 2 aliphatic heterocycles. The van der Waals surface area contributed by atoms with E-state index >= 15 is 0 Å². The van der Waals surface area contributed by atoms with Crippen LogP contribution < -0.4 is 14.8 Å². The van der Waals surface area contributed by atoms with Crippen molar-refractivity contribution in [1.29, 1.82) is 0 Å². The van der Waals surface area contributed by atoms with Crippen LogP contribution in [0.3, 0.4) is 0 Å². The van der Waals surface area contributed by atoms with Gasteiger partial charge in [0.2, 0.25) is 12.7 Å². The highest BCUT2D eigenvalue weighted by Crippen LogP contribution is 2.34. The van der Waals surface area contributed by atoms with Crippen molar-refractivity contribution < 1.29 is 18.7 Å². The lowest BCUT2D eigenvalue weighted by molar-refractivity contribution is -0.121. The van der Waals surface area contributed by atoms with Crippen LogP contribution in [0.15, 0.2) is 72.8 Å². The van der Waals surface area contributed by atoms with E-state index in [2.05, 4.69) is 33.0 Å². The SMILES string of the molecule is O=C(Nc1ccc2c(c1)OCO2)C1CCN(Cc2cc3ccccc3n2Cc2cccc(F)c2)CC1. The molecule has 1 N–H and O–H groups in total. The molecule has 4 aromatic rings. The Morgan fingerprint density at radius 1 is 0.917 bits per heavy atom. The normalized spacial score (nSPS) is 15.9. The topological polar surface area (TPSA) is 55.7 Å². The predicted molar refractivity (Wildman–Crippen MR) is 137 cm³/mol. The van der Waals surface area contributed by atoms with Crippen molar-refractivity contribution in [3.05, 3.63) is 89.9 Å². The molecule has 0 saturated carbocycles. The summed E-state index contributed by atoms with van der Waals surface area (Å²) in [5.41, 5.74) is 4.02. The first-order valence-electron chi connectivity index (χ1n) is 12.4. The summed E-state index contributed by atoms with van der Waals surface area (Å²) in [7, 11) is 0. The lowest BCUT2D eigenvalue weighted by Crippen LogP contribution is -2.38. The van der Waals surface area contributed by atoms with E-state index in [-0.39, 0.29) is 24.4 Å². The van der Waals surface area contributed by atoms with E-state index in [1.807, 2.05) is 36.4 Å². The van der Waals surface area contributed by atoms with E-state index in [9.17, 15) is 9.18 Å². The summed E-state index contributed by atoms with van der Waals surface area (Å²) in [5.74, 6) is 1.18. The summed E-state index contributed by atoms with van der Waals surface area (Å²) in [4.78, 5) is 15.3. The molecule has 0 unspecified atom stereocenters. The summed E-state index contributed by atoms with van der Waals surface area (Å²) in [6, 6.07) is 22.8. The minimum Gasteiger partial charge on any atom is -0.454 e. The monoisotopic (exact) mass is 485 g/mol. The number of amides is 1. The molecular formula is C29H28FN3O3. The molecule has 3 heterocycles. The van der Waals surface area contributed by atoms with Crippen LogP contribution in [0.25, 0.3) is 10.9 Å². The van der Waals surface area contributed by atoms with Gasteiger partial charge in [0.05, 0.1) is 0 Å². The minimum absolute atomic E-state index is 0.0233. The lowest BCUT2D eigenvalue weighted by Gasteiger charge is -2.31. The fourth-order valence-corrected chi connectivity index (χ4v) is 5.20. The number of carbonyl (C=O) groups is 1. The van der Waals surface area contributed by atoms with Crippen molar-refractivity contribution in [2.24, 2.45) is 5.92 Å². The smallest absolute Gasteiger partial charge is 0.231 e. The van der Waals surface area contributed by atoms with Crippen LogP contribution in [0.1, 0.15) is 24.1 Å². The number of hydrogen-bond acceptors (Lipinski definition) is 4. The lowest BCUT2D eigenvalue weighted by atomic mass is 9.95. The van der Waals surface area contributed by atoms with Gasteiger partial charge in [0.15, 0.2) is 11.5 Å². The van der Waals surface area contributed by atoms with Crippen molar-refractivity contribution >= 4 is 22.5 Å². The summed E-state index contributed by atoms with van der Waals surface area (Å²) in [5, 5.41) is 4.22. The van der Waals surface area contributed by atoms with E-state index in [0.29, 0.717) is 18.0 Å². The van der Waals surface area contributed by atoms with Crippen molar-refractivity contribution in [2.45, 2.75) is 25.9 Å². The molecule has 0 atom stereocenters. The summed E-state index contributed by atoms with van der Waals surface area (Å²) in [6.07, 6.45) is 1.61. The third-order valence-electron chi connectivity index (χ3n) is 7.11. The molecule has 0 bridgehead atoms. The van der Waals surface area contributed by atoms with Gasteiger partial charge in [0.25, 0.3) is 0 Å². The number of fused-ring (bicyclic) bond motifs is 2. The number of rotatable bonds is 6. The molecule has 1 saturated heterocycles. The van der Waals surface area contributed by atoms with Gasteiger partial charge in [-0.05, 0) is 73.3 Å². The molecule has 0 spiro atoms. The van der Waals surface area contributed by atoms with Crippen LogP contribution in [-0.2, 0) is 17.9 Å². The maximum Gasteiger partial charge on any atom is 0.231 e. The predicted octanol–water partition coefficient (Wildman–Crippen LogP) is 5.41. The molecule has 1 amide bonds. The number of likely N-dealkylation sites (tertiary alicyclic amines) is 1. The summed E-state index contributed by atoms with van der Waals surface area (Å²) < 4.78 is 26.9. The highest BCUT2D eigenvalue weighted by Gasteiger charge is 2.26. The number of aromatic nitrogens is 1. The van der Waals surface area contributed by atoms with E-state index < -0.39 is 0 Å². The zero-order chi connectivity index (χ0) is 24.5. The van der Waals surface area contributed by atoms with Gasteiger partial charge in [0.1, 0.15) is 5.82 Å². The highest BCUT2D eigenvalue weighted by atomic mass is 19.1. The standard InChI is InChI=1S/C29H28FN3O3/c30-23-6-3-4-20(14-23)17-33-25(15-22-5-1-2-7-26(22)33)18-32-12-10-21(11-13-32)29(34)31-24-8-9-27-28(16-24)36-19-35-27/h1-9,14-16,21H,10-13,17-19H2,(H,31,34). The third-order valence-corrected chi connectivity index (χ3v) is 7.11. The summed E-state index contributed by atoms with van der Waals surface area (Å²) >= 11 is 0. The Bertz CT molecular complexity index is 1410. The van der Waals surface area contributed by atoms with E-state index in [0.717, 1.165) is 49.2 Å². The quantitative estimate of drug-likeness (QED) is 0.397. The Labute approximate surface area is 209 Å². The number of ether oxygens (including phenoxy) is 2. The van der Waals surface area contributed by atoms with Crippen LogP contribution in [0.2, 0.25) is 0 Å². The Kier molecular flexibility index (Phi) is 6.07. The highest BCUT2D eigenvalue weighted by molar-refractivity contribution is 5.93. The molecule has 6 rings (SSSR count). The van der Waals surface area contributed by atoms with Crippen LogP contribution in [0.5, 0.6) is 11.5 Å². The third kappa shape index (κ3) is 4.66. The summed E-state index contributed by atoms with van der Waals surface area (Å²) in [6.45, 7) is 3.32. The molecular weight excluding hydrogens is 457 g/mol. The first kappa shape index (κ1) is 22.6. The Balaban J connectivity index is 1.12. The van der Waals surface area contributed by atoms with Crippen molar-refractivity contribution in [3.63, 3.8) is 0 Å². The number of halogens is 1. The number of piperidine rings is 1. The molecule has 0 radical (unpaired) electrons. The fourth-order valence-electron chi connectivity index (χ4n) is 5.20. The van der Waals surface area contributed by atoms with Crippen LogP contribution in [-0.4, -0.2) is 35.3 Å². The second-order valence-electron chi connectivity index (χ2n) is 9.52. The number of para-hydroxylation sites is 1. The van der Waals surface area contributed by atoms with Crippen molar-refractivity contribution in [3.8, 4) is 11.5 Å². The first-order chi connectivity index (χ1) is 17.6. The van der Waals surface area contributed by atoms with Crippen LogP contribution in [0.4, 0.5) is 10.1 Å². The maximum atomic E-state index is 13.8. The molecule has 184 valence electrons. The van der Waals surface area contributed by atoms with Gasteiger partial charge in [-0.15, -0.1) is 0 Å². The number of hydrogen-bond donors (Lipinski definition) is 1. The Morgan fingerprint density at radius 2 is 1.75 bits per heavy atom. The van der Waals surface area contributed by atoms with E-state index in [1.54, 1.807) is 12.1 Å². The molecule has 6 nitrogen and oxygen atoms in total. The van der Waals surface area contributed by atoms with Gasteiger partial charge in [-0.1, -0.05) is 30.3 Å². The molecule has 1 aromatic heterocycles. The van der Waals surface area contributed by atoms with E-state index in [4.69, 9.17) is 9.47 Å². The molecule has 0 aliphatic carbocycles. The molecule has 2 aliphatic rings. The van der Waals surface area contributed by atoms with E-state index in [1.165, 1.54) is 17.1 Å². The van der Waals surface area contributed by atoms with Crippen LogP contribution in [0, 0.1) is 11.7 Å². The zero-order valence-corrected chi connectivity index (χ0v) is 20.0. The molecule has 1 fully saturated rings.